The number of esters is 1. The van der Waals surface area contributed by atoms with E-state index in [0.29, 0.717) is 22.9 Å². The summed E-state index contributed by atoms with van der Waals surface area (Å²) in [5.41, 5.74) is 2.61. The van der Waals surface area contributed by atoms with Crippen LogP contribution in [0, 0.1) is 0 Å². The molecule has 0 bridgehead atoms. The van der Waals surface area contributed by atoms with Crippen molar-refractivity contribution in [3.8, 4) is 0 Å². The second kappa shape index (κ2) is 8.91. The maximum Gasteiger partial charge on any atom is 0.338 e. The number of amides is 1. The summed E-state index contributed by atoms with van der Waals surface area (Å²) in [4.78, 5) is 26.8. The van der Waals surface area contributed by atoms with E-state index in [0.717, 1.165) is 11.3 Å². The Morgan fingerprint density at radius 2 is 2.07 bits per heavy atom. The molecule has 1 unspecified atom stereocenters. The molecule has 1 aromatic heterocycles. The lowest BCUT2D eigenvalue weighted by atomic mass is 9.94. The van der Waals surface area contributed by atoms with Gasteiger partial charge in [-0.1, -0.05) is 12.1 Å². The van der Waals surface area contributed by atoms with E-state index in [1.165, 1.54) is 6.26 Å². The smallest absolute Gasteiger partial charge is 0.338 e. The third kappa shape index (κ3) is 4.32. The summed E-state index contributed by atoms with van der Waals surface area (Å²) in [6, 6.07) is 10.0. The van der Waals surface area contributed by atoms with Crippen molar-refractivity contribution in [2.45, 2.75) is 26.8 Å². The third-order valence-electron chi connectivity index (χ3n) is 4.63. The summed E-state index contributed by atoms with van der Waals surface area (Å²) in [6.45, 7) is 6.50. The molecule has 0 spiro atoms. The Balaban J connectivity index is 1.95. The first-order valence-corrected chi connectivity index (χ1v) is 9.77. The van der Waals surface area contributed by atoms with E-state index in [-0.39, 0.29) is 18.3 Å². The monoisotopic (exact) mass is 413 g/mol. The zero-order chi connectivity index (χ0) is 21.0. The number of anilines is 1. The van der Waals surface area contributed by atoms with Crippen LogP contribution in [-0.4, -0.2) is 35.0 Å². The fourth-order valence-electron chi connectivity index (χ4n) is 3.28. The Morgan fingerprint density at radius 1 is 1.28 bits per heavy atom. The Labute approximate surface area is 174 Å². The van der Waals surface area contributed by atoms with E-state index < -0.39 is 12.0 Å². The van der Waals surface area contributed by atoms with Gasteiger partial charge in [0.05, 0.1) is 24.5 Å². The standard InChI is InChI=1S/C21H23N3O4S/c1-4-24-13(3)17(20(26)27-5-2)18(23-21(24)29)14-8-6-9-15(12-14)22-19(25)16-10-7-11-28-16/h6-12,18H,4-5H2,1-3H3,(H,22,25)(H,23,29). The summed E-state index contributed by atoms with van der Waals surface area (Å²) in [5, 5.41) is 6.56. The van der Waals surface area contributed by atoms with Crippen LogP contribution >= 0.6 is 12.2 Å². The molecule has 152 valence electrons. The number of ether oxygens (including phenoxy) is 1. The highest BCUT2D eigenvalue weighted by Crippen LogP contribution is 2.32. The Hall–Kier alpha value is -3.13. The molecule has 1 aliphatic rings. The van der Waals surface area contributed by atoms with Crippen molar-refractivity contribution >= 4 is 34.9 Å². The van der Waals surface area contributed by atoms with Crippen LogP contribution in [0.2, 0.25) is 0 Å². The van der Waals surface area contributed by atoms with Gasteiger partial charge < -0.3 is 24.7 Å². The molecular formula is C21H23N3O4S. The van der Waals surface area contributed by atoms with Gasteiger partial charge in [-0.3, -0.25) is 4.79 Å². The average molecular weight is 413 g/mol. The molecule has 1 amide bonds. The molecule has 0 saturated carbocycles. The van der Waals surface area contributed by atoms with Crippen LogP contribution in [0.1, 0.15) is 42.9 Å². The average Bonchev–Trinajstić information content (AvgIpc) is 3.23. The maximum absolute atomic E-state index is 12.7. The first kappa shape index (κ1) is 20.6. The van der Waals surface area contributed by atoms with Gasteiger partial charge in [0.2, 0.25) is 0 Å². The molecular weight excluding hydrogens is 390 g/mol. The molecule has 1 aliphatic heterocycles. The van der Waals surface area contributed by atoms with Crippen molar-refractivity contribution in [1.82, 2.24) is 10.2 Å². The van der Waals surface area contributed by atoms with Crippen LogP contribution in [0.3, 0.4) is 0 Å². The molecule has 2 aromatic rings. The molecule has 0 saturated heterocycles. The Bertz CT molecular complexity index is 953. The highest BCUT2D eigenvalue weighted by Gasteiger charge is 2.34. The molecule has 7 nitrogen and oxygen atoms in total. The second-order valence-electron chi connectivity index (χ2n) is 6.40. The van der Waals surface area contributed by atoms with Gasteiger partial charge in [0.15, 0.2) is 10.9 Å². The van der Waals surface area contributed by atoms with Gasteiger partial charge in [-0.05, 0) is 62.8 Å². The van der Waals surface area contributed by atoms with Crippen LogP contribution in [0.4, 0.5) is 5.69 Å². The van der Waals surface area contributed by atoms with Gasteiger partial charge >= 0.3 is 5.97 Å². The van der Waals surface area contributed by atoms with Crippen molar-refractivity contribution in [1.29, 1.82) is 0 Å². The molecule has 8 heteroatoms. The molecule has 0 fully saturated rings. The number of hydrogen-bond acceptors (Lipinski definition) is 5. The minimum atomic E-state index is -0.482. The van der Waals surface area contributed by atoms with Crippen molar-refractivity contribution in [3.05, 3.63) is 65.3 Å². The highest BCUT2D eigenvalue weighted by molar-refractivity contribution is 7.80. The number of benzene rings is 1. The van der Waals surface area contributed by atoms with Crippen molar-refractivity contribution < 1.29 is 18.7 Å². The van der Waals surface area contributed by atoms with Gasteiger partial charge in [0.1, 0.15) is 0 Å². The lowest BCUT2D eigenvalue weighted by molar-refractivity contribution is -0.139. The van der Waals surface area contributed by atoms with E-state index >= 15 is 0 Å². The van der Waals surface area contributed by atoms with Crippen LogP contribution in [0.5, 0.6) is 0 Å². The van der Waals surface area contributed by atoms with Gasteiger partial charge in [0.25, 0.3) is 5.91 Å². The number of carbonyl (C=O) groups is 2. The molecule has 1 atom stereocenters. The largest absolute Gasteiger partial charge is 0.463 e. The molecule has 29 heavy (non-hydrogen) atoms. The van der Waals surface area contributed by atoms with Crippen LogP contribution in [0.15, 0.2) is 58.3 Å². The molecule has 1 aromatic carbocycles. The van der Waals surface area contributed by atoms with E-state index in [2.05, 4.69) is 10.6 Å². The molecule has 0 aliphatic carbocycles. The van der Waals surface area contributed by atoms with Crippen molar-refractivity contribution in [2.24, 2.45) is 0 Å². The fourth-order valence-corrected chi connectivity index (χ4v) is 3.67. The Morgan fingerprint density at radius 3 is 2.72 bits per heavy atom. The number of hydrogen-bond donors (Lipinski definition) is 2. The van der Waals surface area contributed by atoms with E-state index in [9.17, 15) is 9.59 Å². The van der Waals surface area contributed by atoms with Gasteiger partial charge in [-0.25, -0.2) is 4.79 Å². The topological polar surface area (TPSA) is 83.8 Å². The van der Waals surface area contributed by atoms with Crippen LogP contribution in [0.25, 0.3) is 0 Å². The number of thiocarbonyl (C=S) groups is 1. The normalized spacial score (nSPS) is 16.4. The fraction of sp³-hybridized carbons (Fsp3) is 0.286. The molecule has 0 radical (unpaired) electrons. The van der Waals surface area contributed by atoms with Crippen LogP contribution in [-0.2, 0) is 9.53 Å². The summed E-state index contributed by atoms with van der Waals surface area (Å²) in [7, 11) is 0. The number of carbonyl (C=O) groups excluding carboxylic acids is 2. The number of allylic oxidation sites excluding steroid dienone is 1. The highest BCUT2D eigenvalue weighted by atomic mass is 32.1. The zero-order valence-corrected chi connectivity index (χ0v) is 17.3. The number of nitrogens with one attached hydrogen (secondary N) is 2. The summed E-state index contributed by atoms with van der Waals surface area (Å²) in [6.07, 6.45) is 1.44. The van der Waals surface area contributed by atoms with E-state index in [1.807, 2.05) is 30.9 Å². The molecule has 2 heterocycles. The lowest BCUT2D eigenvalue weighted by Crippen LogP contribution is -2.47. The van der Waals surface area contributed by atoms with Gasteiger partial charge in [0, 0.05) is 17.9 Å². The Kier molecular flexibility index (Phi) is 6.33. The summed E-state index contributed by atoms with van der Waals surface area (Å²) < 4.78 is 10.4. The zero-order valence-electron chi connectivity index (χ0n) is 16.5. The van der Waals surface area contributed by atoms with Gasteiger partial charge in [-0.2, -0.15) is 0 Å². The SMILES string of the molecule is CCOC(=O)C1=C(C)N(CC)C(=S)NC1c1cccc(NC(=O)c2ccco2)c1. The third-order valence-corrected chi connectivity index (χ3v) is 4.97. The van der Waals surface area contributed by atoms with E-state index in [1.54, 1.807) is 31.2 Å². The predicted octanol–water partition coefficient (Wildman–Crippen LogP) is 3.62. The van der Waals surface area contributed by atoms with Crippen molar-refractivity contribution in [3.63, 3.8) is 0 Å². The number of nitrogens with zero attached hydrogens (tertiary/aromatic N) is 1. The number of rotatable bonds is 6. The first-order valence-electron chi connectivity index (χ1n) is 9.37. The first-order chi connectivity index (χ1) is 14.0. The maximum atomic E-state index is 12.7. The van der Waals surface area contributed by atoms with Crippen LogP contribution < -0.4 is 10.6 Å². The lowest BCUT2D eigenvalue weighted by Gasteiger charge is -2.37. The number of furan rings is 1. The summed E-state index contributed by atoms with van der Waals surface area (Å²) in [5.74, 6) is -0.531. The second-order valence-corrected chi connectivity index (χ2v) is 6.79. The molecule has 2 N–H and O–H groups in total. The minimum Gasteiger partial charge on any atom is -0.463 e. The predicted molar refractivity (Wildman–Crippen MR) is 113 cm³/mol. The van der Waals surface area contributed by atoms with E-state index in [4.69, 9.17) is 21.4 Å². The van der Waals surface area contributed by atoms with Gasteiger partial charge in [-0.15, -0.1) is 0 Å². The summed E-state index contributed by atoms with van der Waals surface area (Å²) >= 11 is 5.49. The van der Waals surface area contributed by atoms with Crippen molar-refractivity contribution in [2.75, 3.05) is 18.5 Å². The quantitative estimate of drug-likeness (QED) is 0.553. The minimum absolute atomic E-state index is 0.217. The molecule has 3 rings (SSSR count).